The van der Waals surface area contributed by atoms with Crippen LogP contribution < -0.4 is 0 Å². The molecule has 2 fully saturated rings. The minimum Gasteiger partial charge on any atom is -0.378 e. The van der Waals surface area contributed by atoms with Crippen LogP contribution in [0.3, 0.4) is 0 Å². The summed E-state index contributed by atoms with van der Waals surface area (Å²) in [6, 6.07) is 8.18. The standard InChI is InChI=1S/C25H34Cl2N2OS/c1-2-3-11-30-23-6-9-28(10-7-23)15-21-16-29(17-24(21)20-8-12-31-18-20)14-19-4-5-22(26)13-25(19)27/h4-5,8,12-13,18,21,23-24H,2-3,6-7,9-11,14-17H2,1H3. The molecule has 1 aromatic carbocycles. The molecule has 6 heteroatoms. The van der Waals surface area contributed by atoms with Gasteiger partial charge in [0.15, 0.2) is 0 Å². The Balaban J connectivity index is 1.35. The summed E-state index contributed by atoms with van der Waals surface area (Å²) in [5.74, 6) is 1.24. The molecule has 1 aromatic heterocycles. The number of hydrogen-bond donors (Lipinski definition) is 0. The van der Waals surface area contributed by atoms with Crippen molar-refractivity contribution in [2.75, 3.05) is 39.3 Å². The molecule has 0 aliphatic carbocycles. The maximum Gasteiger partial charge on any atom is 0.0599 e. The van der Waals surface area contributed by atoms with Crippen LogP contribution in [0, 0.1) is 5.92 Å². The number of halogens is 2. The number of rotatable bonds is 9. The van der Waals surface area contributed by atoms with Gasteiger partial charge in [-0.3, -0.25) is 4.90 Å². The first kappa shape index (κ1) is 23.5. The van der Waals surface area contributed by atoms with Gasteiger partial charge in [0.25, 0.3) is 0 Å². The fourth-order valence-corrected chi connectivity index (χ4v) is 6.21. The monoisotopic (exact) mass is 480 g/mol. The average molecular weight is 482 g/mol. The third-order valence-electron chi connectivity index (χ3n) is 6.78. The first-order valence-electron chi connectivity index (χ1n) is 11.6. The number of ether oxygens (including phenoxy) is 1. The van der Waals surface area contributed by atoms with Crippen molar-refractivity contribution in [2.45, 2.75) is 51.2 Å². The van der Waals surface area contributed by atoms with Gasteiger partial charge < -0.3 is 9.64 Å². The summed E-state index contributed by atoms with van der Waals surface area (Å²) in [5, 5.41) is 6.02. The van der Waals surface area contributed by atoms with Gasteiger partial charge in [0, 0.05) is 61.8 Å². The van der Waals surface area contributed by atoms with Crippen LogP contribution in [-0.4, -0.2) is 55.2 Å². The molecule has 170 valence electrons. The number of piperidine rings is 1. The highest BCUT2D eigenvalue weighted by Crippen LogP contribution is 2.36. The number of benzene rings is 1. The Morgan fingerprint density at radius 3 is 2.65 bits per heavy atom. The number of thiophene rings is 1. The van der Waals surface area contributed by atoms with Gasteiger partial charge in [-0.2, -0.15) is 11.3 Å². The fourth-order valence-electron chi connectivity index (χ4n) is 5.01. The molecule has 0 spiro atoms. The van der Waals surface area contributed by atoms with E-state index in [0.29, 0.717) is 23.0 Å². The van der Waals surface area contributed by atoms with Gasteiger partial charge in [-0.05, 0) is 65.3 Å². The van der Waals surface area contributed by atoms with Crippen molar-refractivity contribution in [3.05, 3.63) is 56.2 Å². The number of unbranched alkanes of at least 4 members (excludes halogenated alkanes) is 1. The van der Waals surface area contributed by atoms with Crippen LogP contribution in [0.1, 0.15) is 49.7 Å². The average Bonchev–Trinajstić information content (AvgIpc) is 3.42. The van der Waals surface area contributed by atoms with Gasteiger partial charge in [0.1, 0.15) is 0 Å². The Labute approximate surface area is 201 Å². The van der Waals surface area contributed by atoms with E-state index in [-0.39, 0.29) is 0 Å². The summed E-state index contributed by atoms with van der Waals surface area (Å²) in [4.78, 5) is 5.24. The van der Waals surface area contributed by atoms with E-state index in [1.807, 2.05) is 23.5 Å². The molecule has 2 aliphatic rings. The van der Waals surface area contributed by atoms with Crippen molar-refractivity contribution in [3.63, 3.8) is 0 Å². The molecule has 4 rings (SSSR count). The summed E-state index contributed by atoms with van der Waals surface area (Å²) in [7, 11) is 0. The highest BCUT2D eigenvalue weighted by Gasteiger charge is 2.36. The maximum absolute atomic E-state index is 6.47. The zero-order valence-corrected chi connectivity index (χ0v) is 20.8. The number of hydrogen-bond acceptors (Lipinski definition) is 4. The van der Waals surface area contributed by atoms with Crippen molar-refractivity contribution in [1.82, 2.24) is 9.80 Å². The lowest BCUT2D eigenvalue weighted by molar-refractivity contribution is 0.00336. The van der Waals surface area contributed by atoms with E-state index in [1.165, 1.54) is 43.4 Å². The summed E-state index contributed by atoms with van der Waals surface area (Å²) < 4.78 is 6.07. The lowest BCUT2D eigenvalue weighted by Gasteiger charge is -2.34. The number of likely N-dealkylation sites (tertiary alicyclic amines) is 2. The third-order valence-corrected chi connectivity index (χ3v) is 8.06. The normalized spacial score (nSPS) is 23.6. The molecule has 3 heterocycles. The van der Waals surface area contributed by atoms with Crippen molar-refractivity contribution in [2.24, 2.45) is 5.92 Å². The summed E-state index contributed by atoms with van der Waals surface area (Å²) >= 11 is 14.4. The molecule has 2 unspecified atom stereocenters. The molecule has 0 radical (unpaired) electrons. The SMILES string of the molecule is CCCCOC1CCN(CC2CN(Cc3ccc(Cl)cc3Cl)CC2c2ccsc2)CC1. The Morgan fingerprint density at radius 2 is 1.94 bits per heavy atom. The second kappa shape index (κ2) is 11.5. The van der Waals surface area contributed by atoms with E-state index < -0.39 is 0 Å². The molecule has 3 nitrogen and oxygen atoms in total. The van der Waals surface area contributed by atoms with E-state index in [1.54, 1.807) is 0 Å². The van der Waals surface area contributed by atoms with Crippen molar-refractivity contribution >= 4 is 34.5 Å². The quantitative estimate of drug-likeness (QED) is 0.378. The van der Waals surface area contributed by atoms with Crippen molar-refractivity contribution < 1.29 is 4.74 Å². The van der Waals surface area contributed by atoms with Gasteiger partial charge >= 0.3 is 0 Å². The Hall–Kier alpha value is -0.620. The lowest BCUT2D eigenvalue weighted by atomic mass is 9.90. The highest BCUT2D eigenvalue weighted by molar-refractivity contribution is 7.08. The van der Waals surface area contributed by atoms with Gasteiger partial charge in [-0.15, -0.1) is 0 Å². The predicted octanol–water partition coefficient (Wildman–Crippen LogP) is 6.55. The van der Waals surface area contributed by atoms with Gasteiger partial charge in [0.05, 0.1) is 6.10 Å². The van der Waals surface area contributed by atoms with Crippen LogP contribution in [0.15, 0.2) is 35.0 Å². The molecule has 2 aromatic rings. The molecule has 0 amide bonds. The smallest absolute Gasteiger partial charge is 0.0599 e. The molecule has 0 saturated carbocycles. The van der Waals surface area contributed by atoms with Crippen LogP contribution in [0.2, 0.25) is 10.0 Å². The van der Waals surface area contributed by atoms with E-state index in [2.05, 4.69) is 39.6 Å². The molecule has 31 heavy (non-hydrogen) atoms. The molecule has 0 N–H and O–H groups in total. The third kappa shape index (κ3) is 6.46. The van der Waals surface area contributed by atoms with Crippen LogP contribution in [0.5, 0.6) is 0 Å². The Kier molecular flexibility index (Phi) is 8.72. The van der Waals surface area contributed by atoms with Gasteiger partial charge in [-0.25, -0.2) is 0 Å². The minimum absolute atomic E-state index is 0.461. The largest absolute Gasteiger partial charge is 0.378 e. The number of nitrogens with zero attached hydrogens (tertiary/aromatic N) is 2. The molecular weight excluding hydrogens is 447 g/mol. The molecule has 2 aliphatic heterocycles. The van der Waals surface area contributed by atoms with Crippen LogP contribution in [0.4, 0.5) is 0 Å². The molecule has 0 bridgehead atoms. The van der Waals surface area contributed by atoms with E-state index in [9.17, 15) is 0 Å². The summed E-state index contributed by atoms with van der Waals surface area (Å²) in [6.45, 7) is 9.74. The van der Waals surface area contributed by atoms with Crippen LogP contribution >= 0.6 is 34.5 Å². The first-order valence-corrected chi connectivity index (χ1v) is 13.3. The second-order valence-corrected chi connectivity index (χ2v) is 10.7. The molecule has 2 saturated heterocycles. The zero-order chi connectivity index (χ0) is 21.6. The first-order chi connectivity index (χ1) is 15.1. The Bertz CT molecular complexity index is 808. The van der Waals surface area contributed by atoms with Crippen LogP contribution in [0.25, 0.3) is 0 Å². The highest BCUT2D eigenvalue weighted by atomic mass is 35.5. The minimum atomic E-state index is 0.461. The van der Waals surface area contributed by atoms with E-state index >= 15 is 0 Å². The van der Waals surface area contributed by atoms with Crippen molar-refractivity contribution in [1.29, 1.82) is 0 Å². The lowest BCUT2D eigenvalue weighted by Crippen LogP contribution is -2.41. The molecule has 2 atom stereocenters. The van der Waals surface area contributed by atoms with Gasteiger partial charge in [0.2, 0.25) is 0 Å². The zero-order valence-electron chi connectivity index (χ0n) is 18.4. The molecular formula is C25H34Cl2N2OS. The second-order valence-electron chi connectivity index (χ2n) is 9.08. The van der Waals surface area contributed by atoms with E-state index in [0.717, 1.165) is 44.4 Å². The maximum atomic E-state index is 6.47. The van der Waals surface area contributed by atoms with E-state index in [4.69, 9.17) is 27.9 Å². The predicted molar refractivity (Wildman–Crippen MR) is 133 cm³/mol. The van der Waals surface area contributed by atoms with Crippen molar-refractivity contribution in [3.8, 4) is 0 Å². The summed E-state index contributed by atoms with van der Waals surface area (Å²) in [6.07, 6.45) is 5.19. The van der Waals surface area contributed by atoms with Crippen LogP contribution in [-0.2, 0) is 11.3 Å². The summed E-state index contributed by atoms with van der Waals surface area (Å²) in [5.41, 5.74) is 2.67. The fraction of sp³-hybridized carbons (Fsp3) is 0.600. The Morgan fingerprint density at radius 1 is 1.10 bits per heavy atom. The topological polar surface area (TPSA) is 15.7 Å². The van der Waals surface area contributed by atoms with Gasteiger partial charge in [-0.1, -0.05) is 42.6 Å².